The number of alkyl halides is 6. The minimum atomic E-state index is -5.08. The molecule has 0 spiro atoms. The molecule has 0 aromatic carbocycles. The van der Waals surface area contributed by atoms with Crippen LogP contribution in [0.25, 0.3) is 0 Å². The van der Waals surface area contributed by atoms with Crippen molar-refractivity contribution in [3.8, 4) is 0 Å². The lowest BCUT2D eigenvalue weighted by Crippen LogP contribution is -2.41. The molecule has 38 heavy (non-hydrogen) atoms. The van der Waals surface area contributed by atoms with Gasteiger partial charge in [0, 0.05) is 24.8 Å². The number of nitrogens with one attached hydrogen (secondary N) is 1. The zero-order chi connectivity index (χ0) is 28.5. The molecule has 2 aliphatic heterocycles. The Morgan fingerprint density at radius 1 is 1.08 bits per heavy atom. The average molecular weight is 555 g/mol. The molecule has 1 amide bonds. The number of amides is 1. The van der Waals surface area contributed by atoms with Gasteiger partial charge in [0.1, 0.15) is 6.10 Å². The van der Waals surface area contributed by atoms with E-state index in [4.69, 9.17) is 29.0 Å². The van der Waals surface area contributed by atoms with Crippen molar-refractivity contribution < 1.29 is 60.1 Å². The van der Waals surface area contributed by atoms with Crippen LogP contribution in [0.2, 0.25) is 0 Å². The third kappa shape index (κ3) is 10.0. The summed E-state index contributed by atoms with van der Waals surface area (Å²) in [6.07, 6.45) is -1.71. The van der Waals surface area contributed by atoms with Crippen LogP contribution in [0.4, 0.5) is 32.0 Å². The van der Waals surface area contributed by atoms with Crippen molar-refractivity contribution in [3.63, 3.8) is 0 Å². The molecule has 0 bridgehead atoms. The number of carboxylic acids is 2. The molecule has 0 unspecified atom stereocenters. The molecule has 2 aromatic rings. The number of hydrogen-bond acceptors (Lipinski definition) is 7. The van der Waals surface area contributed by atoms with E-state index >= 15 is 0 Å². The number of piperidine rings is 1. The van der Waals surface area contributed by atoms with Gasteiger partial charge in [0.25, 0.3) is 5.91 Å². The summed E-state index contributed by atoms with van der Waals surface area (Å²) in [5.41, 5.74) is 1.89. The summed E-state index contributed by atoms with van der Waals surface area (Å²) in [6, 6.07) is 5.63. The third-order valence-electron chi connectivity index (χ3n) is 5.33. The van der Waals surface area contributed by atoms with Crippen LogP contribution in [-0.2, 0) is 25.7 Å². The molecule has 3 atom stereocenters. The van der Waals surface area contributed by atoms with Gasteiger partial charge in [-0.25, -0.2) is 9.59 Å². The van der Waals surface area contributed by atoms with Crippen LogP contribution < -0.4 is 5.32 Å². The van der Waals surface area contributed by atoms with Crippen molar-refractivity contribution in [3.05, 3.63) is 48.7 Å². The lowest BCUT2D eigenvalue weighted by atomic mass is 9.91. The van der Waals surface area contributed by atoms with E-state index in [2.05, 4.69) is 15.2 Å². The summed E-state index contributed by atoms with van der Waals surface area (Å²) in [7, 11) is 0. The van der Waals surface area contributed by atoms with E-state index in [1.165, 1.54) is 5.56 Å². The average Bonchev–Trinajstić information content (AvgIpc) is 3.49. The van der Waals surface area contributed by atoms with E-state index in [9.17, 15) is 31.1 Å². The van der Waals surface area contributed by atoms with Crippen molar-refractivity contribution in [2.75, 3.05) is 18.4 Å². The van der Waals surface area contributed by atoms with Gasteiger partial charge in [0.15, 0.2) is 0 Å². The molecule has 4 heterocycles. The number of nitrogens with zero attached hydrogens (tertiary/aromatic N) is 2. The molecule has 0 radical (unpaired) electrons. The maximum atomic E-state index is 12.4. The maximum Gasteiger partial charge on any atom is 0.490 e. The molecule has 210 valence electrons. The smallest absolute Gasteiger partial charge is 0.475 e. The van der Waals surface area contributed by atoms with Crippen LogP contribution in [0.15, 0.2) is 47.5 Å². The highest BCUT2D eigenvalue weighted by molar-refractivity contribution is 5.94. The van der Waals surface area contributed by atoms with E-state index in [0.29, 0.717) is 11.6 Å². The predicted molar refractivity (Wildman–Crippen MR) is 116 cm³/mol. The first-order valence-corrected chi connectivity index (χ1v) is 10.9. The summed E-state index contributed by atoms with van der Waals surface area (Å²) < 4.78 is 74.7. The molecule has 3 N–H and O–H groups in total. The van der Waals surface area contributed by atoms with Gasteiger partial charge < -0.3 is 24.7 Å². The number of carbonyl (C=O) groups excluding carboxylic acids is 1. The minimum absolute atomic E-state index is 0.0706. The highest BCUT2D eigenvalue weighted by Crippen LogP contribution is 2.34. The Hall–Kier alpha value is -3.66. The fraction of sp³-hybridized carbons (Fsp3) is 0.455. The molecular formula is C22H23F6N3O7. The second kappa shape index (κ2) is 13.2. The normalized spacial score (nSPS) is 21.2. The van der Waals surface area contributed by atoms with Crippen LogP contribution in [0, 0.1) is 5.92 Å². The fourth-order valence-corrected chi connectivity index (χ4v) is 3.61. The van der Waals surface area contributed by atoms with E-state index in [1.807, 2.05) is 12.1 Å². The number of furan rings is 1. The van der Waals surface area contributed by atoms with E-state index in [0.717, 1.165) is 32.5 Å². The Kier molecular flexibility index (Phi) is 10.6. The number of hydrogen-bond donors (Lipinski definition) is 3. The first kappa shape index (κ1) is 30.6. The van der Waals surface area contributed by atoms with Gasteiger partial charge in [-0.3, -0.25) is 14.7 Å². The molecule has 0 aliphatic carbocycles. The zero-order valence-electron chi connectivity index (χ0n) is 19.4. The van der Waals surface area contributed by atoms with Crippen LogP contribution in [0.5, 0.6) is 0 Å². The highest BCUT2D eigenvalue weighted by Gasteiger charge is 2.42. The standard InChI is InChI=1S/C18H21N3O3.2C2HF3O2/c22-18(20-15-2-1-5-19-9-15)16-8-14-3-6-21(11-17(14)24-16)10-13-4-7-23-12-13;2*3-2(4,5)1(6)7/h1-2,4-5,7,9,12,14,16-17H,3,6,8,10-11H2,(H,20,22);2*(H,6,7)/t14-,16+,17-;;/m0../s1. The molecule has 2 fully saturated rings. The Bertz CT molecular complexity index is 1020. The SMILES string of the molecule is O=C(Nc1cccnc1)[C@H]1C[C@@H]2CCN(Cc3ccoc3)C[C@@H]2O1.O=C(O)C(F)(F)F.O=C(O)C(F)(F)F. The van der Waals surface area contributed by atoms with Crippen LogP contribution >= 0.6 is 0 Å². The molecule has 2 saturated heterocycles. The molecule has 0 saturated carbocycles. The topological polar surface area (TPSA) is 142 Å². The van der Waals surface area contributed by atoms with Gasteiger partial charge in [0.2, 0.25) is 0 Å². The zero-order valence-corrected chi connectivity index (χ0v) is 19.4. The van der Waals surface area contributed by atoms with E-state index < -0.39 is 24.3 Å². The van der Waals surface area contributed by atoms with Gasteiger partial charge in [-0.2, -0.15) is 26.3 Å². The number of fused-ring (bicyclic) bond motifs is 1. The quantitative estimate of drug-likeness (QED) is 0.483. The lowest BCUT2D eigenvalue weighted by Gasteiger charge is -2.33. The molecule has 2 aromatic heterocycles. The van der Waals surface area contributed by atoms with Crippen LogP contribution in [-0.4, -0.2) is 75.6 Å². The van der Waals surface area contributed by atoms with Gasteiger partial charge in [-0.15, -0.1) is 0 Å². The summed E-state index contributed by atoms with van der Waals surface area (Å²) in [5, 5.41) is 17.1. The fourth-order valence-electron chi connectivity index (χ4n) is 3.61. The molecule has 2 aliphatic rings. The van der Waals surface area contributed by atoms with Crippen LogP contribution in [0.1, 0.15) is 18.4 Å². The Morgan fingerprint density at radius 3 is 2.21 bits per heavy atom. The van der Waals surface area contributed by atoms with E-state index in [-0.39, 0.29) is 18.1 Å². The van der Waals surface area contributed by atoms with Gasteiger partial charge in [-0.05, 0) is 43.5 Å². The number of aromatic nitrogens is 1. The Balaban J connectivity index is 0.000000301. The van der Waals surface area contributed by atoms with Gasteiger partial charge in [0.05, 0.1) is 30.5 Å². The second-order valence-electron chi connectivity index (χ2n) is 8.15. The summed E-state index contributed by atoms with van der Waals surface area (Å²) in [6.45, 7) is 2.77. The monoisotopic (exact) mass is 555 g/mol. The third-order valence-corrected chi connectivity index (χ3v) is 5.33. The van der Waals surface area contributed by atoms with E-state index in [1.54, 1.807) is 31.0 Å². The number of carboxylic acid groups (broad SMARTS) is 2. The maximum absolute atomic E-state index is 12.4. The molecule has 16 heteroatoms. The van der Waals surface area contributed by atoms with Crippen molar-refractivity contribution in [2.24, 2.45) is 5.92 Å². The van der Waals surface area contributed by atoms with Crippen molar-refractivity contribution in [1.29, 1.82) is 0 Å². The van der Waals surface area contributed by atoms with Crippen molar-refractivity contribution in [2.45, 2.75) is 43.9 Å². The largest absolute Gasteiger partial charge is 0.490 e. The number of halogens is 6. The summed E-state index contributed by atoms with van der Waals surface area (Å²) in [5.74, 6) is -5.12. The predicted octanol–water partition coefficient (Wildman–Crippen LogP) is 3.56. The number of aliphatic carboxylic acids is 2. The Labute approximate surface area is 211 Å². The lowest BCUT2D eigenvalue weighted by molar-refractivity contribution is -0.193. The minimum Gasteiger partial charge on any atom is -0.475 e. The van der Waals surface area contributed by atoms with Crippen molar-refractivity contribution >= 4 is 23.5 Å². The molecular weight excluding hydrogens is 532 g/mol. The van der Waals surface area contributed by atoms with Crippen LogP contribution in [0.3, 0.4) is 0 Å². The first-order chi connectivity index (χ1) is 17.7. The Morgan fingerprint density at radius 2 is 1.71 bits per heavy atom. The first-order valence-electron chi connectivity index (χ1n) is 10.9. The number of rotatable bonds is 4. The summed E-state index contributed by atoms with van der Waals surface area (Å²) in [4.78, 5) is 36.6. The number of anilines is 1. The van der Waals surface area contributed by atoms with Gasteiger partial charge in [-0.1, -0.05) is 0 Å². The summed E-state index contributed by atoms with van der Waals surface area (Å²) >= 11 is 0. The number of ether oxygens (including phenoxy) is 1. The van der Waals surface area contributed by atoms with Gasteiger partial charge >= 0.3 is 24.3 Å². The highest BCUT2D eigenvalue weighted by atomic mass is 19.4. The molecule has 4 rings (SSSR count). The van der Waals surface area contributed by atoms with Crippen molar-refractivity contribution in [1.82, 2.24) is 9.88 Å². The second-order valence-corrected chi connectivity index (χ2v) is 8.15. The number of pyridine rings is 1. The molecule has 10 nitrogen and oxygen atoms in total. The number of carbonyl (C=O) groups is 3. The number of likely N-dealkylation sites (tertiary alicyclic amines) is 1.